The molecule has 24 heavy (non-hydrogen) atoms. The van der Waals surface area contributed by atoms with E-state index in [0.29, 0.717) is 0 Å². The monoisotopic (exact) mass is 336 g/mol. The highest BCUT2D eigenvalue weighted by atomic mass is 19.2. The third-order valence-electron chi connectivity index (χ3n) is 3.26. The lowest BCUT2D eigenvalue weighted by atomic mass is 10.1. The molecule has 0 aliphatic heterocycles. The number of carbonyl (C=O) groups is 1. The molecule has 0 heterocycles. The largest absolute Gasteiger partial charge is 0.383 e. The topological polar surface area (TPSA) is 50.7 Å². The highest BCUT2D eigenvalue weighted by Gasteiger charge is 2.19. The first-order chi connectivity index (χ1) is 11.4. The predicted octanol–water partition coefficient (Wildman–Crippen LogP) is 3.79. The molecule has 7 heteroatoms. The summed E-state index contributed by atoms with van der Waals surface area (Å²) in [6, 6.07) is 9.06. The molecular weight excluding hydrogens is 321 g/mol. The molecule has 0 radical (unpaired) electrons. The van der Waals surface area contributed by atoms with Gasteiger partial charge in [0.05, 0.1) is 11.9 Å². The molecule has 126 valence electrons. The van der Waals surface area contributed by atoms with Crippen molar-refractivity contribution in [1.82, 2.24) is 0 Å². The summed E-state index contributed by atoms with van der Waals surface area (Å²) in [6.45, 7) is 3.28. The van der Waals surface area contributed by atoms with Crippen molar-refractivity contribution in [2.75, 3.05) is 5.32 Å². The molecule has 0 unspecified atom stereocenters. The molecule has 2 rings (SSSR count). The van der Waals surface area contributed by atoms with Gasteiger partial charge in [-0.15, -0.1) is 0 Å². The number of oxime groups is 1. The van der Waals surface area contributed by atoms with Gasteiger partial charge < -0.3 is 10.2 Å². The summed E-state index contributed by atoms with van der Waals surface area (Å²) in [7, 11) is 0. The van der Waals surface area contributed by atoms with Gasteiger partial charge in [0.1, 0.15) is 0 Å². The Bertz CT molecular complexity index is 778. The lowest BCUT2D eigenvalue weighted by Gasteiger charge is -2.11. The van der Waals surface area contributed by atoms with E-state index in [1.54, 1.807) is 0 Å². The van der Waals surface area contributed by atoms with E-state index < -0.39 is 35.2 Å². The fraction of sp³-hybridized carbons (Fsp3) is 0.176. The number of hydrogen-bond acceptors (Lipinski definition) is 3. The number of amides is 1. The standard InChI is InChI=1S/C17H15F3N2O2/c1-10-5-3-4-6-12(10)9-21-24-11(2)17(23)22-14-8-7-13(18)15(19)16(14)20/h3-9,11H,1-2H3,(H,22,23)/b21-9-/t11-/m1/s1. The van der Waals surface area contributed by atoms with Gasteiger partial charge in [0.25, 0.3) is 5.91 Å². The van der Waals surface area contributed by atoms with Crippen LogP contribution in [0.1, 0.15) is 18.1 Å². The number of nitrogens with one attached hydrogen (secondary N) is 1. The Morgan fingerprint density at radius 2 is 1.88 bits per heavy atom. The van der Waals surface area contributed by atoms with Crippen LogP contribution >= 0.6 is 0 Å². The van der Waals surface area contributed by atoms with E-state index in [0.717, 1.165) is 23.3 Å². The van der Waals surface area contributed by atoms with E-state index in [1.165, 1.54) is 13.1 Å². The average Bonchev–Trinajstić information content (AvgIpc) is 2.57. The summed E-state index contributed by atoms with van der Waals surface area (Å²) in [5.74, 6) is -5.21. The number of halogens is 3. The third-order valence-corrected chi connectivity index (χ3v) is 3.26. The van der Waals surface area contributed by atoms with Crippen LogP contribution in [0.5, 0.6) is 0 Å². The van der Waals surface area contributed by atoms with E-state index in [4.69, 9.17) is 4.84 Å². The lowest BCUT2D eigenvalue weighted by molar-refractivity contribution is -0.126. The Hall–Kier alpha value is -2.83. The van der Waals surface area contributed by atoms with E-state index in [2.05, 4.69) is 10.5 Å². The number of anilines is 1. The molecular formula is C17H15F3N2O2. The zero-order valence-electron chi connectivity index (χ0n) is 13.0. The fourth-order valence-electron chi connectivity index (χ4n) is 1.81. The van der Waals surface area contributed by atoms with Crippen molar-refractivity contribution in [3.63, 3.8) is 0 Å². The van der Waals surface area contributed by atoms with Crippen molar-refractivity contribution in [1.29, 1.82) is 0 Å². The Morgan fingerprint density at radius 1 is 1.17 bits per heavy atom. The van der Waals surface area contributed by atoms with Crippen LogP contribution in [0.25, 0.3) is 0 Å². The van der Waals surface area contributed by atoms with Gasteiger partial charge in [-0.05, 0) is 37.1 Å². The minimum atomic E-state index is -1.65. The summed E-state index contributed by atoms with van der Waals surface area (Å²) >= 11 is 0. The van der Waals surface area contributed by atoms with Gasteiger partial charge >= 0.3 is 0 Å². The summed E-state index contributed by atoms with van der Waals surface area (Å²) < 4.78 is 39.5. The molecule has 1 N–H and O–H groups in total. The van der Waals surface area contributed by atoms with Gasteiger partial charge in [0.2, 0.25) is 6.10 Å². The second kappa shape index (κ2) is 7.63. The van der Waals surface area contributed by atoms with E-state index in [-0.39, 0.29) is 0 Å². The molecule has 0 aliphatic rings. The van der Waals surface area contributed by atoms with Crippen molar-refractivity contribution >= 4 is 17.8 Å². The molecule has 2 aromatic carbocycles. The first-order valence-corrected chi connectivity index (χ1v) is 7.09. The van der Waals surface area contributed by atoms with Crippen molar-refractivity contribution in [2.24, 2.45) is 5.16 Å². The van der Waals surface area contributed by atoms with Crippen LogP contribution in [-0.2, 0) is 9.63 Å². The SMILES string of the molecule is Cc1ccccc1/C=N\O[C@H](C)C(=O)Nc1ccc(F)c(F)c1F. The molecule has 0 aliphatic carbocycles. The maximum absolute atomic E-state index is 13.5. The molecule has 1 amide bonds. The Morgan fingerprint density at radius 3 is 2.58 bits per heavy atom. The van der Waals surface area contributed by atoms with Crippen LogP contribution in [0.15, 0.2) is 41.6 Å². The first kappa shape index (κ1) is 17.5. The number of nitrogens with zero attached hydrogens (tertiary/aromatic N) is 1. The molecule has 1 atom stereocenters. The Labute approximate surface area is 136 Å². The molecule has 0 fully saturated rings. The molecule has 0 aromatic heterocycles. The molecule has 2 aromatic rings. The smallest absolute Gasteiger partial charge is 0.268 e. The average molecular weight is 336 g/mol. The maximum Gasteiger partial charge on any atom is 0.268 e. The number of carbonyl (C=O) groups excluding carboxylic acids is 1. The van der Waals surface area contributed by atoms with Gasteiger partial charge in [-0.2, -0.15) is 0 Å². The second-order valence-corrected chi connectivity index (χ2v) is 5.05. The number of rotatable bonds is 5. The van der Waals surface area contributed by atoms with Crippen LogP contribution in [0.3, 0.4) is 0 Å². The number of hydrogen-bond donors (Lipinski definition) is 1. The van der Waals surface area contributed by atoms with E-state index >= 15 is 0 Å². The molecule has 0 bridgehead atoms. The first-order valence-electron chi connectivity index (χ1n) is 7.09. The molecule has 0 spiro atoms. The molecule has 0 saturated carbocycles. The highest BCUT2D eigenvalue weighted by molar-refractivity contribution is 5.94. The summed E-state index contributed by atoms with van der Waals surface area (Å²) in [5.41, 5.74) is 1.32. The fourth-order valence-corrected chi connectivity index (χ4v) is 1.81. The highest BCUT2D eigenvalue weighted by Crippen LogP contribution is 2.19. The van der Waals surface area contributed by atoms with Crippen LogP contribution in [0.2, 0.25) is 0 Å². The zero-order chi connectivity index (χ0) is 17.7. The van der Waals surface area contributed by atoms with Crippen molar-refractivity contribution in [3.8, 4) is 0 Å². The van der Waals surface area contributed by atoms with Gasteiger partial charge in [0, 0.05) is 0 Å². The third kappa shape index (κ3) is 4.13. The number of benzene rings is 2. The Kier molecular flexibility index (Phi) is 5.57. The second-order valence-electron chi connectivity index (χ2n) is 5.05. The maximum atomic E-state index is 13.5. The van der Waals surface area contributed by atoms with Gasteiger partial charge in [-0.3, -0.25) is 4.79 Å². The van der Waals surface area contributed by atoms with Crippen molar-refractivity contribution in [2.45, 2.75) is 20.0 Å². The van der Waals surface area contributed by atoms with Crippen molar-refractivity contribution < 1.29 is 22.8 Å². The van der Waals surface area contributed by atoms with Gasteiger partial charge in [-0.25, -0.2) is 13.2 Å². The molecule has 0 saturated heterocycles. The zero-order valence-corrected chi connectivity index (χ0v) is 13.0. The van der Waals surface area contributed by atoms with Crippen LogP contribution in [0.4, 0.5) is 18.9 Å². The normalized spacial score (nSPS) is 12.2. The minimum absolute atomic E-state index is 0.475. The van der Waals surface area contributed by atoms with Crippen LogP contribution in [0, 0.1) is 24.4 Å². The quantitative estimate of drug-likeness (QED) is 0.513. The van der Waals surface area contributed by atoms with Crippen LogP contribution in [-0.4, -0.2) is 18.2 Å². The number of aryl methyl sites for hydroxylation is 1. The van der Waals surface area contributed by atoms with Gasteiger partial charge in [0.15, 0.2) is 17.5 Å². The minimum Gasteiger partial charge on any atom is -0.383 e. The Balaban J connectivity index is 1.98. The lowest BCUT2D eigenvalue weighted by Crippen LogP contribution is -2.27. The summed E-state index contributed by atoms with van der Waals surface area (Å²) in [6.07, 6.45) is 0.384. The molecule has 4 nitrogen and oxygen atoms in total. The van der Waals surface area contributed by atoms with E-state index in [9.17, 15) is 18.0 Å². The van der Waals surface area contributed by atoms with E-state index in [1.807, 2.05) is 31.2 Å². The summed E-state index contributed by atoms with van der Waals surface area (Å²) in [5, 5.41) is 5.82. The van der Waals surface area contributed by atoms with Gasteiger partial charge in [-0.1, -0.05) is 29.4 Å². The predicted molar refractivity (Wildman–Crippen MR) is 84.3 cm³/mol. The van der Waals surface area contributed by atoms with Crippen LogP contribution < -0.4 is 5.32 Å². The van der Waals surface area contributed by atoms with Crippen molar-refractivity contribution in [3.05, 3.63) is 65.0 Å². The summed E-state index contributed by atoms with van der Waals surface area (Å²) in [4.78, 5) is 16.9.